The van der Waals surface area contributed by atoms with Gasteiger partial charge in [0, 0.05) is 37.6 Å². The molecule has 1 saturated heterocycles. The summed E-state index contributed by atoms with van der Waals surface area (Å²) in [5.74, 6) is -0.346. The van der Waals surface area contributed by atoms with Gasteiger partial charge in [0.1, 0.15) is 6.04 Å². The largest absolute Gasteiger partial charge is 0.369 e. The molecule has 2 aromatic rings. The van der Waals surface area contributed by atoms with Gasteiger partial charge in [-0.1, -0.05) is 19.1 Å². The smallest absolute Gasteiger partial charge is 0.248 e. The highest BCUT2D eigenvalue weighted by Gasteiger charge is 2.31. The molecule has 1 aliphatic heterocycles. The van der Waals surface area contributed by atoms with Crippen molar-refractivity contribution in [3.63, 3.8) is 0 Å². The molecule has 0 aromatic heterocycles. The number of benzene rings is 2. The van der Waals surface area contributed by atoms with E-state index in [2.05, 4.69) is 22.2 Å². The molecular weight excluding hydrogens is 412 g/mol. The van der Waals surface area contributed by atoms with Crippen LogP contribution in [0.15, 0.2) is 48.5 Å². The second kappa shape index (κ2) is 9.70. The van der Waals surface area contributed by atoms with Crippen LogP contribution in [0.3, 0.4) is 0 Å². The maximum absolute atomic E-state index is 13.1. The second-order valence-electron chi connectivity index (χ2n) is 8.15. The lowest BCUT2D eigenvalue weighted by molar-refractivity contribution is -0.117. The van der Waals surface area contributed by atoms with Gasteiger partial charge in [-0.05, 0) is 62.4 Å². The fourth-order valence-electron chi connectivity index (χ4n) is 3.87. The summed E-state index contributed by atoms with van der Waals surface area (Å²) in [7, 11) is -1.53. The number of rotatable bonds is 7. The zero-order valence-electron chi connectivity index (χ0n) is 18.7. The molecule has 0 bridgehead atoms. The molecule has 1 amide bonds. The van der Waals surface area contributed by atoms with Gasteiger partial charge in [-0.2, -0.15) is 0 Å². The maximum Gasteiger partial charge on any atom is 0.248 e. The molecule has 0 saturated carbocycles. The van der Waals surface area contributed by atoms with Crippen LogP contribution >= 0.6 is 0 Å². The number of hydrogen-bond donors (Lipinski definition) is 1. The monoisotopic (exact) mass is 444 g/mol. The van der Waals surface area contributed by atoms with E-state index in [4.69, 9.17) is 0 Å². The number of aryl methyl sites for hydroxylation is 1. The molecule has 0 spiro atoms. The number of anilines is 3. The number of likely N-dealkylation sites (N-methyl/N-ethyl adjacent to an activating group) is 1. The molecule has 8 heteroatoms. The van der Waals surface area contributed by atoms with Gasteiger partial charge in [-0.15, -0.1) is 0 Å². The Hall–Kier alpha value is -2.58. The first-order valence-electron chi connectivity index (χ1n) is 10.6. The zero-order valence-corrected chi connectivity index (χ0v) is 19.5. The molecule has 0 aliphatic carbocycles. The van der Waals surface area contributed by atoms with Crippen LogP contribution in [-0.2, 0) is 14.8 Å². The van der Waals surface area contributed by atoms with E-state index in [-0.39, 0.29) is 5.91 Å². The molecular formula is C23H32N4O3S. The van der Waals surface area contributed by atoms with Crippen molar-refractivity contribution in [2.75, 3.05) is 54.0 Å². The molecule has 31 heavy (non-hydrogen) atoms. The first kappa shape index (κ1) is 23.1. The van der Waals surface area contributed by atoms with Crippen LogP contribution in [0, 0.1) is 6.92 Å². The average molecular weight is 445 g/mol. The summed E-state index contributed by atoms with van der Waals surface area (Å²) in [6.07, 6.45) is 1.49. The molecule has 1 fully saturated rings. The molecule has 0 unspecified atom stereocenters. The van der Waals surface area contributed by atoms with Crippen molar-refractivity contribution >= 4 is 33.0 Å². The van der Waals surface area contributed by atoms with Crippen molar-refractivity contribution in [3.8, 4) is 0 Å². The predicted molar refractivity (Wildman–Crippen MR) is 127 cm³/mol. The lowest BCUT2D eigenvalue weighted by Crippen LogP contribution is -2.47. The standard InChI is InChI=1S/C23H32N4O3S/c1-5-22(27(31(4,29)30)21-8-6-7-18(2)17-21)23(28)24-19-9-11-20(12-10-19)26-15-13-25(3)14-16-26/h6-12,17,22H,5,13-16H2,1-4H3,(H,24,28)/t22-/m1/s1. The lowest BCUT2D eigenvalue weighted by atomic mass is 10.1. The van der Waals surface area contributed by atoms with E-state index in [0.717, 1.165) is 43.7 Å². The third kappa shape index (κ3) is 5.77. The topological polar surface area (TPSA) is 73.0 Å². The van der Waals surface area contributed by atoms with Crippen molar-refractivity contribution in [2.45, 2.75) is 26.3 Å². The van der Waals surface area contributed by atoms with Crippen LogP contribution in [0.25, 0.3) is 0 Å². The first-order chi connectivity index (χ1) is 14.7. The Kier molecular flexibility index (Phi) is 7.23. The number of carbonyl (C=O) groups excluding carboxylic acids is 1. The third-order valence-electron chi connectivity index (χ3n) is 5.59. The van der Waals surface area contributed by atoms with Crippen molar-refractivity contribution in [1.29, 1.82) is 0 Å². The molecule has 1 N–H and O–H groups in total. The Morgan fingerprint density at radius 3 is 2.29 bits per heavy atom. The highest BCUT2D eigenvalue weighted by molar-refractivity contribution is 7.92. The van der Waals surface area contributed by atoms with Gasteiger partial charge in [-0.3, -0.25) is 9.10 Å². The minimum Gasteiger partial charge on any atom is -0.369 e. The normalized spacial score (nSPS) is 16.1. The molecule has 3 rings (SSSR count). The fraction of sp³-hybridized carbons (Fsp3) is 0.435. The number of nitrogens with zero attached hydrogens (tertiary/aromatic N) is 3. The highest BCUT2D eigenvalue weighted by atomic mass is 32.2. The summed E-state index contributed by atoms with van der Waals surface area (Å²) in [5, 5.41) is 2.90. The molecule has 2 aromatic carbocycles. The lowest BCUT2D eigenvalue weighted by Gasteiger charge is -2.34. The van der Waals surface area contributed by atoms with Crippen LogP contribution in [0.1, 0.15) is 18.9 Å². The first-order valence-corrected chi connectivity index (χ1v) is 12.4. The number of amides is 1. The minimum atomic E-state index is -3.65. The third-order valence-corrected chi connectivity index (χ3v) is 6.77. The Morgan fingerprint density at radius 1 is 1.10 bits per heavy atom. The van der Waals surface area contributed by atoms with Gasteiger partial charge < -0.3 is 15.1 Å². The number of piperazine rings is 1. The van der Waals surface area contributed by atoms with Gasteiger partial charge in [0.15, 0.2) is 0 Å². The van der Waals surface area contributed by atoms with Crippen LogP contribution in [-0.4, -0.2) is 64.7 Å². The molecule has 1 aliphatic rings. The maximum atomic E-state index is 13.1. The quantitative estimate of drug-likeness (QED) is 0.711. The predicted octanol–water partition coefficient (Wildman–Crippen LogP) is 2.93. The Bertz CT molecular complexity index is 1000. The van der Waals surface area contributed by atoms with Crippen molar-refractivity contribution in [2.24, 2.45) is 0 Å². The Balaban J connectivity index is 1.76. The minimum absolute atomic E-state index is 0.346. The summed E-state index contributed by atoms with van der Waals surface area (Å²) in [6.45, 7) is 7.70. The molecule has 7 nitrogen and oxygen atoms in total. The molecule has 1 heterocycles. The fourth-order valence-corrected chi connectivity index (χ4v) is 5.07. The van der Waals surface area contributed by atoms with E-state index in [1.807, 2.05) is 44.2 Å². The number of sulfonamides is 1. The number of hydrogen-bond acceptors (Lipinski definition) is 5. The SMILES string of the molecule is CC[C@H](C(=O)Nc1ccc(N2CCN(C)CC2)cc1)N(c1cccc(C)c1)S(C)(=O)=O. The van der Waals surface area contributed by atoms with Gasteiger partial charge in [0.05, 0.1) is 11.9 Å². The van der Waals surface area contributed by atoms with Gasteiger partial charge in [-0.25, -0.2) is 8.42 Å². The molecule has 1 atom stereocenters. The van der Waals surface area contributed by atoms with Crippen molar-refractivity contribution in [1.82, 2.24) is 4.90 Å². The van der Waals surface area contributed by atoms with Crippen LogP contribution in [0.5, 0.6) is 0 Å². The van der Waals surface area contributed by atoms with Gasteiger partial charge in [0.25, 0.3) is 0 Å². The highest BCUT2D eigenvalue weighted by Crippen LogP contribution is 2.25. The van der Waals surface area contributed by atoms with Gasteiger partial charge in [0.2, 0.25) is 15.9 Å². The summed E-state index contributed by atoms with van der Waals surface area (Å²) in [4.78, 5) is 17.7. The van der Waals surface area contributed by atoms with Crippen LogP contribution < -0.4 is 14.5 Å². The van der Waals surface area contributed by atoms with Crippen molar-refractivity contribution < 1.29 is 13.2 Å². The van der Waals surface area contributed by atoms with E-state index >= 15 is 0 Å². The zero-order chi connectivity index (χ0) is 22.6. The van der Waals surface area contributed by atoms with E-state index in [1.165, 1.54) is 4.31 Å². The van der Waals surface area contributed by atoms with E-state index in [0.29, 0.717) is 17.8 Å². The van der Waals surface area contributed by atoms with E-state index in [1.54, 1.807) is 18.2 Å². The summed E-state index contributed by atoms with van der Waals surface area (Å²) in [6, 6.07) is 14.1. The summed E-state index contributed by atoms with van der Waals surface area (Å²) < 4.78 is 26.4. The summed E-state index contributed by atoms with van der Waals surface area (Å²) >= 11 is 0. The Morgan fingerprint density at radius 2 is 1.74 bits per heavy atom. The second-order valence-corrected chi connectivity index (χ2v) is 10.0. The Labute approximate surface area is 185 Å². The summed E-state index contributed by atoms with van der Waals surface area (Å²) in [5.41, 5.74) is 3.20. The van der Waals surface area contributed by atoms with Crippen molar-refractivity contribution in [3.05, 3.63) is 54.1 Å². The van der Waals surface area contributed by atoms with E-state index in [9.17, 15) is 13.2 Å². The van der Waals surface area contributed by atoms with Crippen LogP contribution in [0.4, 0.5) is 17.1 Å². The molecule has 168 valence electrons. The van der Waals surface area contributed by atoms with E-state index < -0.39 is 16.1 Å². The van der Waals surface area contributed by atoms with Crippen LogP contribution in [0.2, 0.25) is 0 Å². The number of nitrogens with one attached hydrogen (secondary N) is 1. The average Bonchev–Trinajstić information content (AvgIpc) is 2.72. The number of carbonyl (C=O) groups is 1. The molecule has 0 radical (unpaired) electrons. The van der Waals surface area contributed by atoms with Gasteiger partial charge >= 0.3 is 0 Å².